The molecule has 0 saturated heterocycles. The van der Waals surface area contributed by atoms with Crippen LogP contribution in [-0.4, -0.2) is 13.2 Å². The molecule has 0 radical (unpaired) electrons. The Labute approximate surface area is 205 Å². The molecule has 0 bridgehead atoms. The van der Waals surface area contributed by atoms with Crippen molar-refractivity contribution in [2.45, 2.75) is 102 Å². The van der Waals surface area contributed by atoms with E-state index in [9.17, 15) is 0 Å². The molecule has 0 spiro atoms. The number of halogens is 2. The fourth-order valence-corrected chi connectivity index (χ4v) is 6.72. The molecule has 0 N–H and O–H groups in total. The van der Waals surface area contributed by atoms with E-state index in [-0.39, 0.29) is 17.6 Å². The second-order valence-corrected chi connectivity index (χ2v) is 10.8. The van der Waals surface area contributed by atoms with Gasteiger partial charge in [0.1, 0.15) is 11.6 Å². The summed E-state index contributed by atoms with van der Waals surface area (Å²) in [5, 5.41) is 0. The van der Waals surface area contributed by atoms with E-state index >= 15 is 8.78 Å². The minimum absolute atomic E-state index is 0.152. The lowest BCUT2D eigenvalue weighted by atomic mass is 9.76. The predicted molar refractivity (Wildman–Crippen MR) is 137 cm³/mol. The molecule has 2 aromatic rings. The van der Waals surface area contributed by atoms with Crippen molar-refractivity contribution in [2.75, 3.05) is 7.11 Å². The third-order valence-corrected chi connectivity index (χ3v) is 8.77. The Balaban J connectivity index is 1.42. The van der Waals surface area contributed by atoms with E-state index in [1.807, 2.05) is 19.2 Å². The molecule has 34 heavy (non-hydrogen) atoms. The molecule has 0 heterocycles. The van der Waals surface area contributed by atoms with Crippen LogP contribution in [0.15, 0.2) is 36.4 Å². The van der Waals surface area contributed by atoms with Crippen molar-refractivity contribution in [2.24, 2.45) is 11.8 Å². The van der Waals surface area contributed by atoms with Crippen LogP contribution in [0.1, 0.15) is 107 Å². The van der Waals surface area contributed by atoms with Gasteiger partial charge in [-0.25, -0.2) is 8.78 Å². The third kappa shape index (κ3) is 5.73. The van der Waals surface area contributed by atoms with Gasteiger partial charge in [-0.2, -0.15) is 0 Å². The molecule has 4 rings (SSSR count). The standard InChI is InChI=1S/C31H42F2O/c1-4-6-21-7-9-24(10-8-21)27-19-30(33)28(20-29(27)32)25-15-11-22(12-16-25)23-13-17-26(18-14-23)31(5-2)34-3/h11-12,15-16,19-21,23-24,26,31H,4-10,13-14,17-18H2,1-3H3. The lowest BCUT2D eigenvalue weighted by molar-refractivity contribution is 0.0316. The van der Waals surface area contributed by atoms with Crippen LogP contribution >= 0.6 is 0 Å². The smallest absolute Gasteiger partial charge is 0.131 e. The summed E-state index contributed by atoms with van der Waals surface area (Å²) in [6.07, 6.45) is 12.8. The maximum absolute atomic E-state index is 15.1. The molecule has 1 unspecified atom stereocenters. The van der Waals surface area contributed by atoms with E-state index in [1.54, 1.807) is 0 Å². The summed E-state index contributed by atoms with van der Waals surface area (Å²) >= 11 is 0. The second-order valence-electron chi connectivity index (χ2n) is 10.8. The van der Waals surface area contributed by atoms with Gasteiger partial charge in [-0.3, -0.25) is 0 Å². The van der Waals surface area contributed by atoms with Crippen molar-refractivity contribution in [3.63, 3.8) is 0 Å². The fourth-order valence-electron chi connectivity index (χ4n) is 6.72. The highest BCUT2D eigenvalue weighted by Crippen LogP contribution is 2.41. The first-order valence-electron chi connectivity index (χ1n) is 13.7. The minimum atomic E-state index is -0.300. The highest BCUT2D eigenvalue weighted by molar-refractivity contribution is 5.65. The highest BCUT2D eigenvalue weighted by atomic mass is 19.1. The molecule has 2 aliphatic rings. The Bertz CT molecular complexity index is 902. The van der Waals surface area contributed by atoms with Gasteiger partial charge in [0.2, 0.25) is 0 Å². The molecule has 0 aliphatic heterocycles. The van der Waals surface area contributed by atoms with Crippen LogP contribution < -0.4 is 0 Å². The normalized spacial score (nSPS) is 26.4. The van der Waals surface area contributed by atoms with Gasteiger partial charge >= 0.3 is 0 Å². The Morgan fingerprint density at radius 3 is 2.06 bits per heavy atom. The molecule has 2 saturated carbocycles. The van der Waals surface area contributed by atoms with Crippen molar-refractivity contribution in [3.8, 4) is 11.1 Å². The minimum Gasteiger partial charge on any atom is -0.381 e. The Morgan fingerprint density at radius 2 is 1.47 bits per heavy atom. The Morgan fingerprint density at radius 1 is 0.824 bits per heavy atom. The van der Waals surface area contributed by atoms with Crippen LogP contribution in [-0.2, 0) is 4.74 Å². The molecule has 186 valence electrons. The van der Waals surface area contributed by atoms with Crippen LogP contribution in [0, 0.1) is 23.5 Å². The zero-order valence-corrected chi connectivity index (χ0v) is 21.3. The number of methoxy groups -OCH3 is 1. The first-order valence-corrected chi connectivity index (χ1v) is 13.7. The van der Waals surface area contributed by atoms with E-state index in [4.69, 9.17) is 4.74 Å². The summed E-state index contributed by atoms with van der Waals surface area (Å²) in [6.45, 7) is 4.42. The van der Waals surface area contributed by atoms with Crippen molar-refractivity contribution in [1.29, 1.82) is 0 Å². The highest BCUT2D eigenvalue weighted by Gasteiger charge is 2.28. The number of hydrogen-bond acceptors (Lipinski definition) is 1. The molecular formula is C31H42F2O. The molecule has 1 nitrogen and oxygen atoms in total. The van der Waals surface area contributed by atoms with E-state index in [2.05, 4.69) is 26.0 Å². The average Bonchev–Trinajstić information content (AvgIpc) is 2.87. The maximum atomic E-state index is 15.1. The largest absolute Gasteiger partial charge is 0.381 e. The molecule has 0 aromatic heterocycles. The van der Waals surface area contributed by atoms with Crippen LogP contribution in [0.4, 0.5) is 8.78 Å². The van der Waals surface area contributed by atoms with Gasteiger partial charge in [0, 0.05) is 12.7 Å². The maximum Gasteiger partial charge on any atom is 0.131 e. The first kappa shape index (κ1) is 25.4. The zero-order chi connectivity index (χ0) is 24.1. The number of hydrogen-bond donors (Lipinski definition) is 0. The van der Waals surface area contributed by atoms with E-state index in [0.29, 0.717) is 29.1 Å². The van der Waals surface area contributed by atoms with Crippen LogP contribution in [0.2, 0.25) is 0 Å². The molecule has 2 aliphatic carbocycles. The lowest BCUT2D eigenvalue weighted by Gasteiger charge is -2.33. The number of rotatable bonds is 8. The summed E-state index contributed by atoms with van der Waals surface area (Å²) in [6, 6.07) is 11.1. The predicted octanol–water partition coefficient (Wildman–Crippen LogP) is 9.40. The SMILES string of the molecule is CCCC1CCC(c2cc(F)c(-c3ccc(C4CCC(C(CC)OC)CC4)cc3)cc2F)CC1. The second kappa shape index (κ2) is 11.8. The van der Waals surface area contributed by atoms with E-state index < -0.39 is 0 Å². The Hall–Kier alpha value is -1.74. The molecule has 3 heteroatoms. The first-order chi connectivity index (χ1) is 16.5. The van der Waals surface area contributed by atoms with Crippen LogP contribution in [0.5, 0.6) is 0 Å². The third-order valence-electron chi connectivity index (χ3n) is 8.77. The lowest BCUT2D eigenvalue weighted by Crippen LogP contribution is -2.26. The topological polar surface area (TPSA) is 9.23 Å². The van der Waals surface area contributed by atoms with Gasteiger partial charge in [0.15, 0.2) is 0 Å². The van der Waals surface area contributed by atoms with Gasteiger partial charge in [-0.05, 0) is 110 Å². The molecular weight excluding hydrogens is 426 g/mol. The quantitative estimate of drug-likeness (QED) is 0.375. The summed E-state index contributed by atoms with van der Waals surface area (Å²) in [4.78, 5) is 0. The van der Waals surface area contributed by atoms with E-state index in [1.165, 1.54) is 56.2 Å². The van der Waals surface area contributed by atoms with Crippen molar-refractivity contribution in [3.05, 3.63) is 59.2 Å². The zero-order valence-electron chi connectivity index (χ0n) is 21.3. The summed E-state index contributed by atoms with van der Waals surface area (Å²) in [5.41, 5.74) is 3.03. The summed E-state index contributed by atoms with van der Waals surface area (Å²) in [7, 11) is 1.82. The Kier molecular flexibility index (Phi) is 8.80. The fraction of sp³-hybridized carbons (Fsp3) is 0.613. The molecule has 0 amide bonds. The monoisotopic (exact) mass is 468 g/mol. The van der Waals surface area contributed by atoms with Gasteiger partial charge in [0.25, 0.3) is 0 Å². The van der Waals surface area contributed by atoms with Crippen molar-refractivity contribution >= 4 is 0 Å². The van der Waals surface area contributed by atoms with E-state index in [0.717, 1.165) is 43.6 Å². The van der Waals surface area contributed by atoms with Crippen LogP contribution in [0.3, 0.4) is 0 Å². The number of ether oxygens (including phenoxy) is 1. The molecule has 2 aromatic carbocycles. The molecule has 1 atom stereocenters. The van der Waals surface area contributed by atoms with Gasteiger partial charge in [-0.15, -0.1) is 0 Å². The van der Waals surface area contributed by atoms with Crippen LogP contribution in [0.25, 0.3) is 11.1 Å². The van der Waals surface area contributed by atoms with Gasteiger partial charge < -0.3 is 4.74 Å². The average molecular weight is 469 g/mol. The van der Waals surface area contributed by atoms with Crippen molar-refractivity contribution < 1.29 is 13.5 Å². The summed E-state index contributed by atoms with van der Waals surface area (Å²) in [5.74, 6) is 1.57. The molecule has 2 fully saturated rings. The number of benzene rings is 2. The summed E-state index contributed by atoms with van der Waals surface area (Å²) < 4.78 is 35.9. The van der Waals surface area contributed by atoms with Crippen molar-refractivity contribution in [1.82, 2.24) is 0 Å². The van der Waals surface area contributed by atoms with Gasteiger partial charge in [0.05, 0.1) is 6.10 Å². The van der Waals surface area contributed by atoms with Gasteiger partial charge in [-0.1, -0.05) is 51.0 Å².